The van der Waals surface area contributed by atoms with E-state index in [2.05, 4.69) is 5.32 Å². The van der Waals surface area contributed by atoms with Crippen molar-refractivity contribution in [3.63, 3.8) is 0 Å². The van der Waals surface area contributed by atoms with E-state index in [1.807, 2.05) is 0 Å². The molecule has 0 spiro atoms. The van der Waals surface area contributed by atoms with Crippen LogP contribution in [0.25, 0.3) is 0 Å². The van der Waals surface area contributed by atoms with Crippen LogP contribution in [0, 0.1) is 0 Å². The van der Waals surface area contributed by atoms with Crippen LogP contribution in [0.1, 0.15) is 0 Å². The van der Waals surface area contributed by atoms with Crippen molar-refractivity contribution in [3.05, 3.63) is 0 Å². The second-order valence-corrected chi connectivity index (χ2v) is 2.28. The fourth-order valence-corrected chi connectivity index (χ4v) is 1.12. The summed E-state index contributed by atoms with van der Waals surface area (Å²) in [6.07, 6.45) is 0. The van der Waals surface area contributed by atoms with Crippen LogP contribution in [0.15, 0.2) is 0 Å². The van der Waals surface area contributed by atoms with Gasteiger partial charge in [-0.25, -0.2) is 4.79 Å². The molecule has 0 radical (unpaired) electrons. The Morgan fingerprint density at radius 1 is 1.60 bits per heavy atom. The normalized spacial score (nSPS) is 30.8. The zero-order valence-corrected chi connectivity index (χ0v) is 5.16. The molecule has 2 fully saturated rings. The Kier molecular flexibility index (Phi) is 0.960. The number of nitrogens with one attached hydrogen (secondary N) is 1. The summed E-state index contributed by atoms with van der Waals surface area (Å²) in [7, 11) is 0. The van der Waals surface area contributed by atoms with E-state index >= 15 is 0 Å². The highest BCUT2D eigenvalue weighted by atomic mass is 16.5. The minimum atomic E-state index is -0.368. The van der Waals surface area contributed by atoms with Gasteiger partial charge >= 0.3 is 6.03 Å². The van der Waals surface area contributed by atoms with Crippen LogP contribution in [0.3, 0.4) is 0 Å². The van der Waals surface area contributed by atoms with Gasteiger partial charge in [0.2, 0.25) is 0 Å². The van der Waals surface area contributed by atoms with Gasteiger partial charge < -0.3 is 4.74 Å². The van der Waals surface area contributed by atoms with E-state index in [9.17, 15) is 9.59 Å². The van der Waals surface area contributed by atoms with Gasteiger partial charge in [0.1, 0.15) is 12.8 Å². The number of ether oxygens (including phenoxy) is 1. The first kappa shape index (κ1) is 5.67. The van der Waals surface area contributed by atoms with Crippen LogP contribution in [-0.2, 0) is 9.53 Å². The molecule has 5 nitrogen and oxygen atoms in total. The van der Waals surface area contributed by atoms with Crippen molar-refractivity contribution in [1.29, 1.82) is 0 Å². The lowest BCUT2D eigenvalue weighted by atomic mass is 10.3. The molecule has 2 heterocycles. The van der Waals surface area contributed by atoms with Crippen LogP contribution in [0.5, 0.6) is 0 Å². The van der Waals surface area contributed by atoms with Gasteiger partial charge in [0.15, 0.2) is 0 Å². The molecule has 0 bridgehead atoms. The zero-order chi connectivity index (χ0) is 7.14. The van der Waals surface area contributed by atoms with E-state index in [0.717, 1.165) is 0 Å². The fourth-order valence-electron chi connectivity index (χ4n) is 1.12. The number of imide groups is 1. The lowest BCUT2D eigenvalue weighted by Gasteiger charge is -2.06. The number of rotatable bonds is 0. The molecule has 2 aliphatic heterocycles. The third kappa shape index (κ3) is 0.550. The zero-order valence-electron chi connectivity index (χ0n) is 5.16. The van der Waals surface area contributed by atoms with Gasteiger partial charge in [-0.05, 0) is 0 Å². The highest BCUT2D eigenvalue weighted by molar-refractivity contribution is 6.04. The highest BCUT2D eigenvalue weighted by Gasteiger charge is 2.42. The largest absolute Gasteiger partial charge is 0.358 e. The third-order valence-electron chi connectivity index (χ3n) is 1.68. The number of hydrogen-bond acceptors (Lipinski definition) is 3. The summed E-state index contributed by atoms with van der Waals surface area (Å²) < 4.78 is 4.90. The van der Waals surface area contributed by atoms with E-state index in [1.54, 1.807) is 0 Å². The van der Waals surface area contributed by atoms with Crippen molar-refractivity contribution < 1.29 is 14.3 Å². The molecule has 0 aliphatic carbocycles. The Balaban J connectivity index is 2.27. The molecule has 10 heavy (non-hydrogen) atoms. The summed E-state index contributed by atoms with van der Waals surface area (Å²) in [5.41, 5.74) is 0. The Hall–Kier alpha value is -1.10. The summed E-state index contributed by atoms with van der Waals surface area (Å²) >= 11 is 0. The van der Waals surface area contributed by atoms with E-state index < -0.39 is 0 Å². The quantitative estimate of drug-likeness (QED) is 0.436. The average Bonchev–Trinajstić information content (AvgIpc) is 2.39. The Labute approximate surface area is 56.9 Å². The molecule has 3 amide bonds. The van der Waals surface area contributed by atoms with Crippen LogP contribution in [-0.4, -0.2) is 36.2 Å². The summed E-state index contributed by atoms with van der Waals surface area (Å²) in [5.74, 6) is -0.248. The number of fused-ring (bicyclic) bond motifs is 1. The second kappa shape index (κ2) is 1.69. The van der Waals surface area contributed by atoms with Crippen LogP contribution >= 0.6 is 0 Å². The molecule has 1 unspecified atom stereocenters. The topological polar surface area (TPSA) is 58.6 Å². The smallest absolute Gasteiger partial charge is 0.326 e. The van der Waals surface area contributed by atoms with Gasteiger partial charge in [-0.3, -0.25) is 15.0 Å². The van der Waals surface area contributed by atoms with Crippen molar-refractivity contribution >= 4 is 11.9 Å². The van der Waals surface area contributed by atoms with Gasteiger partial charge in [0, 0.05) is 0 Å². The number of urea groups is 1. The maximum Gasteiger partial charge on any atom is 0.326 e. The van der Waals surface area contributed by atoms with Crippen LogP contribution in [0.2, 0.25) is 0 Å². The molecule has 0 aromatic heterocycles. The summed E-state index contributed by atoms with van der Waals surface area (Å²) in [6.45, 7) is 0.569. The molecule has 2 aliphatic rings. The molecule has 5 heteroatoms. The second-order valence-electron chi connectivity index (χ2n) is 2.28. The Morgan fingerprint density at radius 3 is 3.10 bits per heavy atom. The monoisotopic (exact) mass is 142 g/mol. The van der Waals surface area contributed by atoms with E-state index in [1.165, 1.54) is 4.90 Å². The van der Waals surface area contributed by atoms with Crippen molar-refractivity contribution in [2.75, 3.05) is 13.3 Å². The van der Waals surface area contributed by atoms with E-state index in [0.29, 0.717) is 6.61 Å². The standard InChI is InChI=1S/C5H6N2O3/c8-4-3-1-10-2-7(3)5(9)6-4/h3H,1-2H2,(H,6,8,9). The Bertz CT molecular complexity index is 183. The summed E-state index contributed by atoms with van der Waals surface area (Å²) in [6, 6.07) is -0.708. The first-order chi connectivity index (χ1) is 4.79. The molecule has 0 aromatic carbocycles. The molecule has 2 saturated heterocycles. The predicted molar refractivity (Wildman–Crippen MR) is 30.0 cm³/mol. The maximum absolute atomic E-state index is 10.8. The molecule has 0 aromatic rings. The molecule has 1 atom stereocenters. The van der Waals surface area contributed by atoms with Crippen LogP contribution < -0.4 is 5.32 Å². The third-order valence-corrected chi connectivity index (χ3v) is 1.68. The van der Waals surface area contributed by atoms with Gasteiger partial charge in [0.05, 0.1) is 6.61 Å². The average molecular weight is 142 g/mol. The first-order valence-electron chi connectivity index (χ1n) is 2.98. The van der Waals surface area contributed by atoms with E-state index in [-0.39, 0.29) is 24.7 Å². The maximum atomic E-state index is 10.8. The lowest BCUT2D eigenvalue weighted by Crippen LogP contribution is -2.29. The molecule has 2 rings (SSSR count). The number of carbonyl (C=O) groups is 2. The fraction of sp³-hybridized carbons (Fsp3) is 0.600. The number of hydrogen-bond donors (Lipinski definition) is 1. The molecule has 0 saturated carbocycles. The minimum absolute atomic E-state index is 0.238. The van der Waals surface area contributed by atoms with Gasteiger partial charge in [-0.15, -0.1) is 0 Å². The molecule has 54 valence electrons. The molecular formula is C5H6N2O3. The number of carbonyl (C=O) groups excluding carboxylic acids is 2. The van der Waals surface area contributed by atoms with Gasteiger partial charge in [0.25, 0.3) is 5.91 Å². The van der Waals surface area contributed by atoms with Crippen molar-refractivity contribution in [3.8, 4) is 0 Å². The van der Waals surface area contributed by atoms with E-state index in [4.69, 9.17) is 4.74 Å². The highest BCUT2D eigenvalue weighted by Crippen LogP contribution is 2.14. The van der Waals surface area contributed by atoms with Gasteiger partial charge in [-0.2, -0.15) is 0 Å². The number of amides is 3. The summed E-state index contributed by atoms with van der Waals surface area (Å²) in [4.78, 5) is 23.0. The predicted octanol–water partition coefficient (Wildman–Crippen LogP) is -1.11. The lowest BCUT2D eigenvalue weighted by molar-refractivity contribution is -0.120. The summed E-state index contributed by atoms with van der Waals surface area (Å²) in [5, 5.41) is 2.19. The SMILES string of the molecule is O=C1NC(=O)N2COCC12. The van der Waals surface area contributed by atoms with Crippen molar-refractivity contribution in [2.24, 2.45) is 0 Å². The van der Waals surface area contributed by atoms with Crippen molar-refractivity contribution in [2.45, 2.75) is 6.04 Å². The molecule has 1 N–H and O–H groups in total. The van der Waals surface area contributed by atoms with Crippen molar-refractivity contribution in [1.82, 2.24) is 10.2 Å². The molecular weight excluding hydrogens is 136 g/mol. The first-order valence-corrected chi connectivity index (χ1v) is 2.98. The van der Waals surface area contributed by atoms with Crippen LogP contribution in [0.4, 0.5) is 4.79 Å². The van der Waals surface area contributed by atoms with Gasteiger partial charge in [-0.1, -0.05) is 0 Å². The minimum Gasteiger partial charge on any atom is -0.358 e. The Morgan fingerprint density at radius 2 is 2.40 bits per heavy atom. The number of nitrogens with zero attached hydrogens (tertiary/aromatic N) is 1.